The lowest BCUT2D eigenvalue weighted by atomic mass is 9.95. The minimum absolute atomic E-state index is 0.0119. The first kappa shape index (κ1) is 116. The summed E-state index contributed by atoms with van der Waals surface area (Å²) in [5, 5.41) is 47.5. The van der Waals surface area contributed by atoms with E-state index in [-0.39, 0.29) is 59.0 Å². The predicted octanol–water partition coefficient (Wildman–Crippen LogP) is 24.0. The Kier molecular flexibility index (Phi) is 35.4. The Labute approximate surface area is 802 Å². The molecule has 12 aromatic rings. The van der Waals surface area contributed by atoms with Gasteiger partial charge in [-0.05, 0) is 227 Å². The summed E-state index contributed by atoms with van der Waals surface area (Å²) in [7, 11) is -24.2. The lowest BCUT2D eigenvalue weighted by Gasteiger charge is -2.27. The zero-order valence-corrected chi connectivity index (χ0v) is 79.5. The van der Waals surface area contributed by atoms with Gasteiger partial charge in [-0.1, -0.05) is 193 Å². The number of halogens is 25. The summed E-state index contributed by atoms with van der Waals surface area (Å²) in [6.45, 7) is 4.91. The first-order chi connectivity index (χ1) is 63.7. The Hall–Kier alpha value is -10.5. The van der Waals surface area contributed by atoms with E-state index in [1.165, 1.54) is 78.9 Å². The number of hydrogen-bond donors (Lipinski definition) is 5. The van der Waals surface area contributed by atoms with Crippen molar-refractivity contribution in [3.63, 3.8) is 0 Å². The van der Waals surface area contributed by atoms with Gasteiger partial charge in [0.05, 0.1) is 79.4 Å². The van der Waals surface area contributed by atoms with Gasteiger partial charge in [-0.2, -0.15) is 92.2 Å². The van der Waals surface area contributed by atoms with Crippen LogP contribution in [0.3, 0.4) is 0 Å². The van der Waals surface area contributed by atoms with Crippen molar-refractivity contribution in [3.05, 3.63) is 357 Å². The molecule has 0 aliphatic carbocycles. The zero-order valence-electron chi connectivity index (χ0n) is 72.3. The van der Waals surface area contributed by atoms with Gasteiger partial charge in [-0.25, -0.2) is 54.9 Å². The minimum atomic E-state index is -5.10. The Morgan fingerprint density at radius 3 is 0.686 bits per heavy atom. The van der Waals surface area contributed by atoms with E-state index < -0.39 is 190 Å². The number of sulfone groups is 6. The molecule has 140 heavy (non-hydrogen) atoms. The molecule has 0 aliphatic rings. The molecular weight excluding hydrogens is 2090 g/mol. The monoisotopic (exact) mass is 2170 g/mol. The molecular formula is C92H75Cl3F22O17S6. The topological polar surface area (TPSA) is 306 Å². The third-order valence-corrected chi connectivity index (χ3v) is 33.2. The highest BCUT2D eigenvalue weighted by Gasteiger charge is 2.57. The first-order valence-corrected chi connectivity index (χ1v) is 49.1. The Balaban J connectivity index is 0.000000229. The average molecular weight is 2170 g/mol. The number of rotatable bonds is 18. The molecule has 12 aromatic carbocycles. The molecule has 0 fully saturated rings. The highest BCUT2D eigenvalue weighted by molar-refractivity contribution is 7.93. The van der Waals surface area contributed by atoms with E-state index in [4.69, 9.17) is 34.8 Å². The molecule has 0 aliphatic heterocycles. The molecule has 0 amide bonds. The van der Waals surface area contributed by atoms with Crippen molar-refractivity contribution in [1.29, 1.82) is 0 Å². The maximum absolute atomic E-state index is 13.8. The van der Waals surface area contributed by atoms with Crippen LogP contribution in [0.5, 0.6) is 0 Å². The second kappa shape index (κ2) is 42.6. The fourth-order valence-electron chi connectivity index (χ4n) is 11.9. The summed E-state index contributed by atoms with van der Waals surface area (Å²) in [6, 6.07) is 57.1. The quantitative estimate of drug-likeness (QED) is 0.0499. The highest BCUT2D eigenvalue weighted by atomic mass is 35.5. The number of alkyl halides is 22. The second-order valence-electron chi connectivity index (χ2n) is 30.9. The molecule has 756 valence electrons. The molecule has 0 saturated carbocycles. The van der Waals surface area contributed by atoms with Crippen LogP contribution in [-0.4, -0.2) is 113 Å². The number of hydrogen-bond acceptors (Lipinski definition) is 17. The van der Waals surface area contributed by atoms with Crippen LogP contribution in [0.25, 0.3) is 0 Å². The van der Waals surface area contributed by atoms with Crippen molar-refractivity contribution in [3.8, 4) is 0 Å². The van der Waals surface area contributed by atoms with Gasteiger partial charge in [-0.3, -0.25) is 0 Å². The Morgan fingerprint density at radius 1 is 0.207 bits per heavy atom. The van der Waals surface area contributed by atoms with Gasteiger partial charge in [0.25, 0.3) is 0 Å². The van der Waals surface area contributed by atoms with E-state index in [2.05, 4.69) is 0 Å². The Bertz CT molecular complexity index is 6740. The van der Waals surface area contributed by atoms with Crippen molar-refractivity contribution < 1.29 is 173 Å². The van der Waals surface area contributed by atoms with Crippen LogP contribution < -0.4 is 0 Å². The molecule has 0 aromatic heterocycles. The molecule has 0 saturated heterocycles. The van der Waals surface area contributed by atoms with Crippen LogP contribution in [0.15, 0.2) is 356 Å². The fraction of sp³-hybridized carbons (Fsp3) is 0.217. The molecule has 6 atom stereocenters. The van der Waals surface area contributed by atoms with Gasteiger partial charge < -0.3 is 25.5 Å². The number of benzene rings is 12. The minimum Gasteiger partial charge on any atom is -0.376 e. The van der Waals surface area contributed by atoms with Gasteiger partial charge in [0.1, 0.15) is 0 Å². The van der Waals surface area contributed by atoms with Crippen LogP contribution in [0.1, 0.15) is 86.1 Å². The summed E-state index contributed by atoms with van der Waals surface area (Å²) in [5.74, 6) is 0. The summed E-state index contributed by atoms with van der Waals surface area (Å²) in [6.07, 6.45) is -34.6. The van der Waals surface area contributed by atoms with E-state index in [1.54, 1.807) is 61.5 Å². The van der Waals surface area contributed by atoms with Crippen LogP contribution >= 0.6 is 34.8 Å². The van der Waals surface area contributed by atoms with Crippen molar-refractivity contribution in [2.45, 2.75) is 184 Å². The van der Waals surface area contributed by atoms with Crippen LogP contribution in [0.2, 0.25) is 15.1 Å². The van der Waals surface area contributed by atoms with Crippen molar-refractivity contribution in [2.75, 3.05) is 0 Å². The summed E-state index contributed by atoms with van der Waals surface area (Å²) < 4.78 is 432. The van der Waals surface area contributed by atoms with Crippen molar-refractivity contribution in [1.82, 2.24) is 0 Å². The van der Waals surface area contributed by atoms with E-state index in [1.807, 2.05) is 0 Å². The molecule has 0 bridgehead atoms. The molecule has 17 nitrogen and oxygen atoms in total. The molecule has 0 spiro atoms. The lowest BCUT2D eigenvalue weighted by Crippen LogP contribution is -2.39. The van der Waals surface area contributed by atoms with E-state index in [0.29, 0.717) is 65.3 Å². The second-order valence-corrected chi connectivity index (χ2v) is 43.6. The highest BCUT2D eigenvalue weighted by Crippen LogP contribution is 2.48. The normalized spacial score (nSPS) is 15.3. The van der Waals surface area contributed by atoms with Crippen molar-refractivity contribution >= 4 is 93.8 Å². The zero-order chi connectivity index (χ0) is 106. The molecule has 48 heteroatoms. The number of aryl methyl sites for hydroxylation is 1. The summed E-state index contributed by atoms with van der Waals surface area (Å²) in [5.41, 5.74) is -23.1. The van der Waals surface area contributed by atoms with Gasteiger partial charge >= 0.3 is 43.2 Å². The van der Waals surface area contributed by atoms with Crippen LogP contribution in [-0.2, 0) is 98.9 Å². The molecule has 6 unspecified atom stereocenters. The molecule has 12 rings (SSSR count). The third kappa shape index (κ3) is 25.9. The van der Waals surface area contributed by atoms with Gasteiger partial charge in [-0.15, -0.1) is 0 Å². The Morgan fingerprint density at radius 2 is 0.414 bits per heavy atom. The average Bonchev–Trinajstić information content (AvgIpc) is 0.781. The van der Waals surface area contributed by atoms with Crippen molar-refractivity contribution in [2.24, 2.45) is 0 Å². The van der Waals surface area contributed by atoms with Gasteiger partial charge in [0.2, 0.25) is 64.7 Å². The SMILES string of the molecule is CC(F)(c1ccc(S(=O)(=O)c2ccccc2Cl)cc1)C(F)(F)F.CC(O)(c1ccc(S(=O)(=O)c2ccccc2)c(Cl)c1)C(F)(F)F.CC(O)(c1ccc(S(=O)(=O)c2ccccc2)cc1)C(F)(F)F.CC(O)(c1ccc(S(=O)(=O)c2ccccc2C(F)(F)F)cc1)C(F)(F)F.CC(O)(c1ccc(S(=O)(=O)c2ccccc2Cl)cc1)C(F)(F)F.Cc1ccccc1S(=O)(=O)c1ccc(C(C)(O)C(F)(F)F)cc1. The summed E-state index contributed by atoms with van der Waals surface area (Å²) in [4.78, 5) is -2.93. The standard InChI is InChI=1S/C16H12F6O3S.C16H15F3O3S.C15H11ClF4O2S.2C15H12ClF3O3S.C15H13F3O3S/c1-14(23,16(20,21)22)10-6-8-11(9-7-10)26(24,25)13-5-3-2-4-12(13)15(17,18)19;1-11-5-3-4-6-14(11)23(21,22)13-9-7-12(8-10-13)15(2,20)16(17,18)19;1-14(17,15(18,19)20)10-6-8-11(9-7-10)23(21,22)13-5-3-2-4-12(13)16;1-14(20,15(17,18)19)10-6-8-11(9-7-10)23(21,22)13-5-3-2-4-12(13)16;1-14(20,15(17,18)19)10-7-8-13(12(16)9-10)23(21,22)11-5-3-2-4-6-11;1-14(19,15(16,17)18)11-7-9-13(10-8-11)22(20,21)12-5-3-2-4-6-12/h2-9,23H,1H3;3-10,20H,1-2H3;2-9H,1H3;2*2-9,20H,1H3;2-10,19H,1H3. The third-order valence-electron chi connectivity index (χ3n) is 20.9. The van der Waals surface area contributed by atoms with Gasteiger partial charge in [0, 0.05) is 0 Å². The predicted molar refractivity (Wildman–Crippen MR) is 467 cm³/mol. The fourth-order valence-corrected chi connectivity index (χ4v) is 21.5. The summed E-state index contributed by atoms with van der Waals surface area (Å²) >= 11 is 17.6. The largest absolute Gasteiger partial charge is 0.426 e. The molecule has 5 N–H and O–H groups in total. The lowest BCUT2D eigenvalue weighted by molar-refractivity contribution is -0.259. The first-order valence-electron chi connectivity index (χ1n) is 39.0. The maximum Gasteiger partial charge on any atom is 0.426 e. The van der Waals surface area contributed by atoms with E-state index in [9.17, 15) is 173 Å². The smallest absolute Gasteiger partial charge is 0.376 e. The maximum atomic E-state index is 13.8. The van der Waals surface area contributed by atoms with E-state index in [0.717, 1.165) is 146 Å². The molecule has 0 radical (unpaired) electrons. The van der Waals surface area contributed by atoms with Gasteiger partial charge in [0.15, 0.2) is 28.0 Å². The molecule has 0 heterocycles. The van der Waals surface area contributed by atoms with Crippen LogP contribution in [0.4, 0.5) is 96.6 Å². The van der Waals surface area contributed by atoms with Crippen LogP contribution in [0, 0.1) is 6.92 Å². The van der Waals surface area contributed by atoms with E-state index >= 15 is 0 Å². The number of aliphatic hydroxyl groups is 5.